The highest BCUT2D eigenvalue weighted by atomic mass is 16.5. The lowest BCUT2D eigenvalue weighted by atomic mass is 9.77. The first-order valence-electron chi connectivity index (χ1n) is 11.4. The Morgan fingerprint density at radius 3 is 2.63 bits per heavy atom. The molecule has 1 fully saturated rings. The number of nitrogens with zero attached hydrogens (tertiary/aromatic N) is 7. The molecule has 178 valence electrons. The maximum atomic E-state index is 10.0. The van der Waals surface area contributed by atoms with E-state index in [0.29, 0.717) is 41.0 Å². The Morgan fingerprint density at radius 1 is 1.17 bits per heavy atom. The van der Waals surface area contributed by atoms with Gasteiger partial charge in [0.25, 0.3) is 5.89 Å². The molecule has 0 amide bonds. The minimum atomic E-state index is -0.883. The number of anilines is 1. The fraction of sp³-hybridized carbons (Fsp3) is 0.360. The van der Waals surface area contributed by atoms with Gasteiger partial charge in [0.15, 0.2) is 5.82 Å². The largest absolute Gasteiger partial charge is 0.389 e. The number of pyridine rings is 2. The molecule has 4 heterocycles. The Hall–Kier alpha value is -4.10. The van der Waals surface area contributed by atoms with Crippen LogP contribution < -0.4 is 5.73 Å². The van der Waals surface area contributed by atoms with Crippen molar-refractivity contribution in [1.82, 2.24) is 29.9 Å². The quantitative estimate of drug-likeness (QED) is 0.414. The van der Waals surface area contributed by atoms with Gasteiger partial charge in [0, 0.05) is 24.2 Å². The van der Waals surface area contributed by atoms with E-state index in [9.17, 15) is 10.4 Å². The van der Waals surface area contributed by atoms with Crippen molar-refractivity contribution < 1.29 is 9.63 Å². The lowest BCUT2D eigenvalue weighted by Crippen LogP contribution is -2.28. The number of aromatic nitrogens is 6. The zero-order chi connectivity index (χ0) is 24.8. The summed E-state index contributed by atoms with van der Waals surface area (Å²) in [5, 5.41) is 27.9. The van der Waals surface area contributed by atoms with Crippen LogP contribution in [-0.2, 0) is 12.0 Å². The van der Waals surface area contributed by atoms with E-state index in [2.05, 4.69) is 33.2 Å². The second kappa shape index (κ2) is 8.29. The highest BCUT2D eigenvalue weighted by Gasteiger charge is 2.47. The van der Waals surface area contributed by atoms with Crippen molar-refractivity contribution in [3.8, 4) is 28.8 Å². The van der Waals surface area contributed by atoms with Gasteiger partial charge in [-0.15, -0.1) is 0 Å². The van der Waals surface area contributed by atoms with Gasteiger partial charge in [0.2, 0.25) is 0 Å². The monoisotopic (exact) mass is 470 g/mol. The Kier molecular flexibility index (Phi) is 5.37. The normalized spacial score (nSPS) is 15.5. The van der Waals surface area contributed by atoms with Crippen LogP contribution in [0.1, 0.15) is 50.6 Å². The molecule has 3 N–H and O–H groups in total. The standard InChI is InChI=1S/C25H26N8O2/c1-24(2,34)14-33-13-17(11-30-33)22-31-23(32-35-22)25(3,18-4-5-18)19-6-7-20(28-12-19)16-8-15(9-26)21(27)29-10-16/h6-8,10-13,18,34H,4-5,14H2,1-3H3,(H2,27,29)/t25-/m1/s1. The SMILES string of the molecule is CC(C)(O)Cn1cc(-c2nc([C@@](C)(c3ccc(-c4cnc(N)c(C#N)c4)nc3)C3CC3)no2)cn1. The van der Waals surface area contributed by atoms with Gasteiger partial charge in [-0.3, -0.25) is 9.67 Å². The molecule has 0 unspecified atom stereocenters. The molecule has 10 heteroatoms. The second-order valence-corrected chi connectivity index (χ2v) is 9.84. The Bertz CT molecular complexity index is 1410. The first kappa shape index (κ1) is 22.7. The van der Waals surface area contributed by atoms with Crippen molar-refractivity contribution in [1.29, 1.82) is 5.26 Å². The van der Waals surface area contributed by atoms with E-state index in [-0.39, 0.29) is 5.82 Å². The van der Waals surface area contributed by atoms with Crippen LogP contribution in [0.5, 0.6) is 0 Å². The van der Waals surface area contributed by atoms with Gasteiger partial charge >= 0.3 is 0 Å². The molecule has 5 rings (SSSR count). The summed E-state index contributed by atoms with van der Waals surface area (Å²) in [6.07, 6.45) is 9.02. The average molecular weight is 471 g/mol. The number of aliphatic hydroxyl groups is 1. The fourth-order valence-corrected chi connectivity index (χ4v) is 4.29. The third kappa shape index (κ3) is 4.38. The summed E-state index contributed by atoms with van der Waals surface area (Å²) in [5.41, 5.74) is 7.82. The van der Waals surface area contributed by atoms with Gasteiger partial charge in [-0.25, -0.2) is 4.98 Å². The summed E-state index contributed by atoms with van der Waals surface area (Å²) < 4.78 is 7.28. The molecule has 0 bridgehead atoms. The van der Waals surface area contributed by atoms with E-state index >= 15 is 0 Å². The molecule has 4 aromatic heterocycles. The van der Waals surface area contributed by atoms with Crippen LogP contribution in [0, 0.1) is 17.2 Å². The summed E-state index contributed by atoms with van der Waals surface area (Å²) in [4.78, 5) is 13.5. The second-order valence-electron chi connectivity index (χ2n) is 9.84. The van der Waals surface area contributed by atoms with Gasteiger partial charge in [0.1, 0.15) is 11.9 Å². The lowest BCUT2D eigenvalue weighted by Gasteiger charge is -2.26. The molecule has 10 nitrogen and oxygen atoms in total. The summed E-state index contributed by atoms with van der Waals surface area (Å²) in [7, 11) is 0. The zero-order valence-corrected chi connectivity index (χ0v) is 19.8. The van der Waals surface area contributed by atoms with E-state index in [1.165, 1.54) is 0 Å². The fourth-order valence-electron chi connectivity index (χ4n) is 4.29. The topological polar surface area (TPSA) is 153 Å². The van der Waals surface area contributed by atoms with Crippen molar-refractivity contribution in [3.05, 3.63) is 59.9 Å². The van der Waals surface area contributed by atoms with Gasteiger partial charge in [-0.2, -0.15) is 15.3 Å². The smallest absolute Gasteiger partial charge is 0.261 e. The molecule has 0 saturated heterocycles. The van der Waals surface area contributed by atoms with Gasteiger partial charge in [-0.1, -0.05) is 11.2 Å². The van der Waals surface area contributed by atoms with Crippen LogP contribution in [0.15, 0.2) is 47.5 Å². The van der Waals surface area contributed by atoms with E-state index in [1.807, 2.05) is 18.3 Å². The predicted octanol–water partition coefficient (Wildman–Crippen LogP) is 3.33. The summed E-state index contributed by atoms with van der Waals surface area (Å²) in [5.74, 6) is 1.56. The Morgan fingerprint density at radius 2 is 1.97 bits per heavy atom. The molecular formula is C25H26N8O2. The predicted molar refractivity (Wildman–Crippen MR) is 128 cm³/mol. The third-order valence-corrected chi connectivity index (χ3v) is 6.41. The van der Waals surface area contributed by atoms with Crippen LogP contribution >= 0.6 is 0 Å². The number of hydrogen-bond donors (Lipinski definition) is 2. The lowest BCUT2D eigenvalue weighted by molar-refractivity contribution is 0.0577. The molecule has 1 saturated carbocycles. The maximum Gasteiger partial charge on any atom is 0.261 e. The van der Waals surface area contributed by atoms with Crippen LogP contribution in [0.3, 0.4) is 0 Å². The molecule has 1 aliphatic carbocycles. The van der Waals surface area contributed by atoms with Crippen molar-refractivity contribution in [2.75, 3.05) is 5.73 Å². The van der Waals surface area contributed by atoms with Crippen LogP contribution in [0.4, 0.5) is 5.82 Å². The number of rotatable bonds is 7. The van der Waals surface area contributed by atoms with Crippen LogP contribution in [0.25, 0.3) is 22.7 Å². The molecule has 0 spiro atoms. The number of nitrogen functional groups attached to an aromatic ring is 1. The molecule has 35 heavy (non-hydrogen) atoms. The minimum Gasteiger partial charge on any atom is -0.389 e. The summed E-state index contributed by atoms with van der Waals surface area (Å²) >= 11 is 0. The molecule has 0 aromatic carbocycles. The van der Waals surface area contributed by atoms with E-state index in [1.54, 1.807) is 43.2 Å². The van der Waals surface area contributed by atoms with Crippen molar-refractivity contribution in [2.24, 2.45) is 5.92 Å². The zero-order valence-electron chi connectivity index (χ0n) is 19.8. The Balaban J connectivity index is 1.44. The van der Waals surface area contributed by atoms with E-state index in [0.717, 1.165) is 24.0 Å². The molecule has 4 aromatic rings. The van der Waals surface area contributed by atoms with Crippen LogP contribution in [0.2, 0.25) is 0 Å². The molecule has 0 radical (unpaired) electrons. The average Bonchev–Trinajstić information content (AvgIpc) is 3.39. The van der Waals surface area contributed by atoms with Gasteiger partial charge in [-0.05, 0) is 57.2 Å². The molecular weight excluding hydrogens is 444 g/mol. The number of hydrogen-bond acceptors (Lipinski definition) is 9. The van der Waals surface area contributed by atoms with Crippen LogP contribution in [-0.4, -0.2) is 40.6 Å². The number of nitriles is 1. The maximum absolute atomic E-state index is 10.0. The van der Waals surface area contributed by atoms with Crippen molar-refractivity contribution in [3.63, 3.8) is 0 Å². The molecule has 0 aliphatic heterocycles. The Labute approximate surface area is 202 Å². The molecule has 1 atom stereocenters. The molecule has 1 aliphatic rings. The summed E-state index contributed by atoms with van der Waals surface area (Å²) in [6, 6.07) is 7.66. The van der Waals surface area contributed by atoms with E-state index < -0.39 is 11.0 Å². The highest BCUT2D eigenvalue weighted by Crippen LogP contribution is 2.50. The number of nitrogens with two attached hydrogens (primary N) is 1. The van der Waals surface area contributed by atoms with Crippen molar-refractivity contribution >= 4 is 5.82 Å². The van der Waals surface area contributed by atoms with E-state index in [4.69, 9.17) is 15.2 Å². The van der Waals surface area contributed by atoms with Gasteiger partial charge < -0.3 is 15.4 Å². The van der Waals surface area contributed by atoms with Gasteiger partial charge in [0.05, 0.1) is 40.6 Å². The third-order valence-electron chi connectivity index (χ3n) is 6.41. The van der Waals surface area contributed by atoms with Crippen molar-refractivity contribution in [2.45, 2.75) is 51.2 Å². The first-order chi connectivity index (χ1) is 16.7. The minimum absolute atomic E-state index is 0.202. The summed E-state index contributed by atoms with van der Waals surface area (Å²) in [6.45, 7) is 5.93. The highest BCUT2D eigenvalue weighted by molar-refractivity contribution is 5.64. The first-order valence-corrected chi connectivity index (χ1v) is 11.4.